The summed E-state index contributed by atoms with van der Waals surface area (Å²) in [7, 11) is 0. The van der Waals surface area contributed by atoms with Crippen LogP contribution in [0.25, 0.3) is 11.3 Å². The smallest absolute Gasteiger partial charge is 0.338 e. The van der Waals surface area contributed by atoms with Gasteiger partial charge in [-0.2, -0.15) is 5.26 Å². The fraction of sp³-hybridized carbons (Fsp3) is 0. The number of nitriles is 1. The van der Waals surface area contributed by atoms with Crippen LogP contribution >= 0.6 is 0 Å². The number of aromatic nitrogens is 1. The van der Waals surface area contributed by atoms with Crippen molar-refractivity contribution in [2.45, 2.75) is 0 Å². The molecule has 6 heteroatoms. The van der Waals surface area contributed by atoms with Crippen LogP contribution in [0.5, 0.6) is 0 Å². The monoisotopic (exact) mass is 257 g/mol. The summed E-state index contributed by atoms with van der Waals surface area (Å²) in [6, 6.07) is 7.24. The van der Waals surface area contributed by atoms with Gasteiger partial charge in [-0.3, -0.25) is 4.98 Å². The summed E-state index contributed by atoms with van der Waals surface area (Å²) in [5, 5.41) is 17.7. The predicted molar refractivity (Wildman–Crippen MR) is 65.7 cm³/mol. The SMILES string of the molecule is N#Cc1cc(-c2nccc(C(=O)O)c2F)ccc1N. The van der Waals surface area contributed by atoms with Crippen LogP contribution in [-0.4, -0.2) is 16.1 Å². The van der Waals surface area contributed by atoms with Gasteiger partial charge >= 0.3 is 5.97 Å². The number of nitrogens with zero attached hydrogens (tertiary/aromatic N) is 2. The van der Waals surface area contributed by atoms with Gasteiger partial charge in [0.1, 0.15) is 11.8 Å². The lowest BCUT2D eigenvalue weighted by atomic mass is 10.0. The second-order valence-electron chi connectivity index (χ2n) is 3.74. The normalized spacial score (nSPS) is 9.89. The van der Waals surface area contributed by atoms with Crippen molar-refractivity contribution in [2.75, 3.05) is 5.73 Å². The second-order valence-corrected chi connectivity index (χ2v) is 3.74. The molecule has 5 nitrogen and oxygen atoms in total. The van der Waals surface area contributed by atoms with Crippen LogP contribution < -0.4 is 5.73 Å². The minimum atomic E-state index is -1.38. The summed E-state index contributed by atoms with van der Waals surface area (Å²) in [4.78, 5) is 14.7. The number of pyridine rings is 1. The van der Waals surface area contributed by atoms with Gasteiger partial charge in [-0.15, -0.1) is 0 Å². The van der Waals surface area contributed by atoms with Gasteiger partial charge in [-0.1, -0.05) is 6.07 Å². The lowest BCUT2D eigenvalue weighted by Crippen LogP contribution is -2.03. The van der Waals surface area contributed by atoms with E-state index in [1.54, 1.807) is 0 Å². The molecule has 0 amide bonds. The summed E-state index contributed by atoms with van der Waals surface area (Å²) in [5.41, 5.74) is 5.71. The topological polar surface area (TPSA) is 100 Å². The van der Waals surface area contributed by atoms with Crippen molar-refractivity contribution in [3.05, 3.63) is 47.4 Å². The van der Waals surface area contributed by atoms with E-state index >= 15 is 0 Å². The van der Waals surface area contributed by atoms with Gasteiger partial charge < -0.3 is 10.8 Å². The maximum atomic E-state index is 14.0. The highest BCUT2D eigenvalue weighted by atomic mass is 19.1. The van der Waals surface area contributed by atoms with E-state index in [9.17, 15) is 9.18 Å². The number of nitrogens with two attached hydrogens (primary N) is 1. The summed E-state index contributed by atoms with van der Waals surface area (Å²) < 4.78 is 14.0. The number of hydrogen-bond acceptors (Lipinski definition) is 4. The lowest BCUT2D eigenvalue weighted by molar-refractivity contribution is 0.0692. The maximum absolute atomic E-state index is 14.0. The van der Waals surface area contributed by atoms with E-state index in [0.717, 1.165) is 6.07 Å². The van der Waals surface area contributed by atoms with Crippen molar-refractivity contribution in [3.63, 3.8) is 0 Å². The van der Waals surface area contributed by atoms with Gasteiger partial charge in [0.05, 0.1) is 11.1 Å². The molecule has 0 bridgehead atoms. The van der Waals surface area contributed by atoms with E-state index in [2.05, 4.69) is 4.98 Å². The van der Waals surface area contributed by atoms with Crippen LogP contribution in [0.15, 0.2) is 30.5 Å². The zero-order valence-electron chi connectivity index (χ0n) is 9.59. The predicted octanol–water partition coefficient (Wildman–Crippen LogP) is 2.04. The van der Waals surface area contributed by atoms with Crippen molar-refractivity contribution in [2.24, 2.45) is 0 Å². The Morgan fingerprint density at radius 1 is 1.42 bits per heavy atom. The van der Waals surface area contributed by atoms with Crippen LogP contribution in [0, 0.1) is 17.1 Å². The Kier molecular flexibility index (Phi) is 3.12. The molecule has 0 fully saturated rings. The minimum absolute atomic E-state index is 0.128. The largest absolute Gasteiger partial charge is 0.478 e. The zero-order chi connectivity index (χ0) is 14.0. The quantitative estimate of drug-likeness (QED) is 0.802. The van der Waals surface area contributed by atoms with E-state index in [4.69, 9.17) is 16.1 Å². The number of carboxylic acids is 1. The number of anilines is 1. The van der Waals surface area contributed by atoms with Crippen molar-refractivity contribution in [1.29, 1.82) is 5.26 Å². The van der Waals surface area contributed by atoms with Gasteiger partial charge in [0.15, 0.2) is 5.82 Å². The minimum Gasteiger partial charge on any atom is -0.478 e. The van der Waals surface area contributed by atoms with Gasteiger partial charge in [0, 0.05) is 17.4 Å². The molecule has 0 spiro atoms. The summed E-state index contributed by atoms with van der Waals surface area (Å²) in [6.45, 7) is 0. The van der Waals surface area contributed by atoms with E-state index in [-0.39, 0.29) is 16.9 Å². The molecule has 0 radical (unpaired) electrons. The Morgan fingerprint density at radius 2 is 2.16 bits per heavy atom. The van der Waals surface area contributed by atoms with E-state index in [0.29, 0.717) is 5.56 Å². The second kappa shape index (κ2) is 4.74. The van der Waals surface area contributed by atoms with Crippen LogP contribution in [0.4, 0.5) is 10.1 Å². The first-order valence-corrected chi connectivity index (χ1v) is 5.22. The first kappa shape index (κ1) is 12.5. The Morgan fingerprint density at radius 3 is 2.79 bits per heavy atom. The molecular weight excluding hydrogens is 249 g/mol. The molecule has 0 aliphatic rings. The number of halogens is 1. The van der Waals surface area contributed by atoms with E-state index in [1.807, 2.05) is 6.07 Å². The number of rotatable bonds is 2. The zero-order valence-corrected chi connectivity index (χ0v) is 9.59. The molecule has 0 atom stereocenters. The first-order valence-electron chi connectivity index (χ1n) is 5.22. The molecule has 1 aromatic heterocycles. The highest BCUT2D eigenvalue weighted by Crippen LogP contribution is 2.25. The average molecular weight is 257 g/mol. The first-order chi connectivity index (χ1) is 9.04. The fourth-order valence-corrected chi connectivity index (χ4v) is 1.61. The summed E-state index contributed by atoms with van der Waals surface area (Å²) in [6.07, 6.45) is 1.20. The molecule has 1 heterocycles. The van der Waals surface area contributed by atoms with Crippen LogP contribution in [0.3, 0.4) is 0 Å². The van der Waals surface area contributed by atoms with Crippen LogP contribution in [-0.2, 0) is 0 Å². The van der Waals surface area contributed by atoms with Gasteiger partial charge in [0.2, 0.25) is 0 Å². The van der Waals surface area contributed by atoms with Crippen molar-refractivity contribution >= 4 is 11.7 Å². The van der Waals surface area contributed by atoms with E-state index < -0.39 is 17.3 Å². The third kappa shape index (κ3) is 2.21. The van der Waals surface area contributed by atoms with Gasteiger partial charge in [0.25, 0.3) is 0 Å². The maximum Gasteiger partial charge on any atom is 0.338 e. The van der Waals surface area contributed by atoms with Gasteiger partial charge in [-0.25, -0.2) is 9.18 Å². The van der Waals surface area contributed by atoms with Crippen LogP contribution in [0.2, 0.25) is 0 Å². The third-order valence-corrected chi connectivity index (χ3v) is 2.57. The molecule has 0 aliphatic carbocycles. The molecule has 94 valence electrons. The third-order valence-electron chi connectivity index (χ3n) is 2.57. The molecule has 19 heavy (non-hydrogen) atoms. The van der Waals surface area contributed by atoms with Crippen LogP contribution in [0.1, 0.15) is 15.9 Å². The van der Waals surface area contributed by atoms with Crippen molar-refractivity contribution in [3.8, 4) is 17.3 Å². The van der Waals surface area contributed by atoms with E-state index in [1.165, 1.54) is 24.4 Å². The highest BCUT2D eigenvalue weighted by Gasteiger charge is 2.16. The van der Waals surface area contributed by atoms with Crippen molar-refractivity contribution in [1.82, 2.24) is 4.98 Å². The molecule has 0 unspecified atom stereocenters. The number of carbonyl (C=O) groups is 1. The Balaban J connectivity index is 2.63. The molecular formula is C13H8FN3O2. The summed E-state index contributed by atoms with van der Waals surface area (Å²) in [5.74, 6) is -2.32. The molecule has 1 aromatic carbocycles. The molecule has 2 rings (SSSR count). The number of hydrogen-bond donors (Lipinski definition) is 2. The number of benzene rings is 1. The molecule has 3 N–H and O–H groups in total. The molecule has 0 saturated heterocycles. The molecule has 2 aromatic rings. The highest BCUT2D eigenvalue weighted by molar-refractivity contribution is 5.89. The lowest BCUT2D eigenvalue weighted by Gasteiger charge is -2.06. The Hall–Kier alpha value is -2.94. The number of nitrogen functional groups attached to an aromatic ring is 1. The fourth-order valence-electron chi connectivity index (χ4n) is 1.61. The Labute approximate surface area is 107 Å². The molecule has 0 saturated carbocycles. The number of carboxylic acid groups (broad SMARTS) is 1. The van der Waals surface area contributed by atoms with Gasteiger partial charge in [-0.05, 0) is 18.2 Å². The summed E-state index contributed by atoms with van der Waals surface area (Å²) >= 11 is 0. The standard InChI is InChI=1S/C13H8FN3O2/c14-11-9(13(18)19)3-4-17-12(11)7-1-2-10(16)8(5-7)6-15/h1-5H,16H2,(H,18,19). The van der Waals surface area contributed by atoms with Crippen molar-refractivity contribution < 1.29 is 14.3 Å². The Bertz CT molecular complexity index is 708. The molecule has 0 aliphatic heterocycles. The average Bonchev–Trinajstić information content (AvgIpc) is 2.39. The number of aromatic carboxylic acids is 1.